The Morgan fingerprint density at radius 2 is 2.21 bits per heavy atom. The summed E-state index contributed by atoms with van der Waals surface area (Å²) in [6.45, 7) is 3.88. The van der Waals surface area contributed by atoms with Crippen LogP contribution in [0.4, 0.5) is 4.39 Å². The van der Waals surface area contributed by atoms with Gasteiger partial charge in [-0.15, -0.1) is 10.3 Å². The van der Waals surface area contributed by atoms with Gasteiger partial charge in [0, 0.05) is 5.92 Å². The highest BCUT2D eigenvalue weighted by atomic mass is 32.3. The summed E-state index contributed by atoms with van der Waals surface area (Å²) >= 11 is 0. The Hall–Kier alpha value is -0.700. The van der Waals surface area contributed by atoms with E-state index in [2.05, 4.69) is 25.3 Å². The lowest BCUT2D eigenvalue weighted by Crippen LogP contribution is -2.07. The zero-order valence-corrected chi connectivity index (χ0v) is 9.73. The molecule has 0 radical (unpaired) electrons. The highest BCUT2D eigenvalue weighted by molar-refractivity contribution is 8.28. The zero-order valence-electron chi connectivity index (χ0n) is 8.92. The highest BCUT2D eigenvalue weighted by Gasteiger charge is 2.16. The van der Waals surface area contributed by atoms with Crippen molar-refractivity contribution in [1.82, 2.24) is 0 Å². The van der Waals surface area contributed by atoms with Crippen molar-refractivity contribution in [3.8, 4) is 0 Å². The number of rotatable bonds is 3. The summed E-state index contributed by atoms with van der Waals surface area (Å²) in [6.07, 6.45) is 11.7. The average Bonchev–Trinajstić information content (AvgIpc) is 2.02. The van der Waals surface area contributed by atoms with Gasteiger partial charge >= 0.3 is 0 Å². The molecule has 0 aromatic carbocycles. The topological polar surface area (TPSA) is 9.23 Å². The van der Waals surface area contributed by atoms with E-state index in [1.807, 2.05) is 6.08 Å². The third kappa shape index (κ3) is 3.58. The summed E-state index contributed by atoms with van der Waals surface area (Å²) in [7, 11) is -1.03. The van der Waals surface area contributed by atoms with E-state index in [-0.39, 0.29) is 11.7 Å². The molecular weight excluding hydrogens is 199 g/mol. The van der Waals surface area contributed by atoms with E-state index in [1.54, 1.807) is 6.08 Å². The van der Waals surface area contributed by atoms with Crippen LogP contribution in [0.5, 0.6) is 0 Å². The van der Waals surface area contributed by atoms with E-state index in [9.17, 15) is 4.39 Å². The first-order valence-electron chi connectivity index (χ1n) is 4.49. The Bertz CT molecular complexity index is 286. The second kappa shape index (κ2) is 4.22. The van der Waals surface area contributed by atoms with Gasteiger partial charge in [0.1, 0.15) is 11.6 Å². The van der Waals surface area contributed by atoms with Crippen molar-refractivity contribution < 1.29 is 8.57 Å². The molecule has 0 N–H and O–H groups in total. The van der Waals surface area contributed by atoms with Crippen LogP contribution in [0.2, 0.25) is 0 Å². The maximum atomic E-state index is 12.7. The minimum atomic E-state index is -1.03. The summed E-state index contributed by atoms with van der Waals surface area (Å²) in [5.41, 5.74) is 0. The van der Waals surface area contributed by atoms with Crippen LogP contribution in [0.15, 0.2) is 36.4 Å². The second-order valence-electron chi connectivity index (χ2n) is 4.06. The zero-order chi connectivity index (χ0) is 10.8. The molecule has 14 heavy (non-hydrogen) atoms. The molecule has 0 fully saturated rings. The van der Waals surface area contributed by atoms with Crippen molar-refractivity contribution in [2.24, 2.45) is 5.92 Å². The molecule has 1 aliphatic rings. The number of halogens is 1. The van der Waals surface area contributed by atoms with Crippen LogP contribution in [0.3, 0.4) is 0 Å². The normalized spacial score (nSPS) is 22.9. The quantitative estimate of drug-likeness (QED) is 0.655. The molecule has 0 heterocycles. The minimum Gasteiger partial charge on any atom is -0.454 e. The van der Waals surface area contributed by atoms with Crippen LogP contribution in [-0.2, 0) is 4.18 Å². The van der Waals surface area contributed by atoms with Gasteiger partial charge in [-0.2, -0.15) is 0 Å². The maximum Gasteiger partial charge on any atom is 0.118 e. The standard InChI is InChI=1S/C11H17FOS/c1-9(13-14(2,3)4)10-5-7-11(12)8-6-10/h5,7-8,10H,1,6H2,2-4H3. The van der Waals surface area contributed by atoms with Crippen molar-refractivity contribution in [3.63, 3.8) is 0 Å². The van der Waals surface area contributed by atoms with Crippen molar-refractivity contribution >= 4 is 10.3 Å². The van der Waals surface area contributed by atoms with Gasteiger partial charge in [-0.25, -0.2) is 4.39 Å². The molecule has 1 aliphatic carbocycles. The Morgan fingerprint density at radius 1 is 1.57 bits per heavy atom. The van der Waals surface area contributed by atoms with Gasteiger partial charge in [0.25, 0.3) is 0 Å². The molecule has 0 saturated heterocycles. The molecule has 1 atom stereocenters. The minimum absolute atomic E-state index is 0.126. The van der Waals surface area contributed by atoms with E-state index in [0.717, 1.165) is 5.76 Å². The fourth-order valence-electron chi connectivity index (χ4n) is 1.22. The Labute approximate surface area is 86.9 Å². The number of hydrogen-bond acceptors (Lipinski definition) is 1. The fourth-order valence-corrected chi connectivity index (χ4v) is 1.98. The Morgan fingerprint density at radius 3 is 2.64 bits per heavy atom. The monoisotopic (exact) mass is 216 g/mol. The molecule has 0 aliphatic heterocycles. The van der Waals surface area contributed by atoms with Crippen molar-refractivity contribution in [2.45, 2.75) is 6.42 Å². The molecule has 0 aromatic heterocycles. The molecule has 0 saturated carbocycles. The van der Waals surface area contributed by atoms with Gasteiger partial charge in [-0.1, -0.05) is 12.7 Å². The van der Waals surface area contributed by atoms with Gasteiger partial charge in [-0.3, -0.25) is 0 Å². The summed E-state index contributed by atoms with van der Waals surface area (Å²) in [5.74, 6) is 0.700. The van der Waals surface area contributed by atoms with Crippen LogP contribution in [0.1, 0.15) is 6.42 Å². The summed E-state index contributed by atoms with van der Waals surface area (Å²) in [4.78, 5) is 0. The van der Waals surface area contributed by atoms with Crippen LogP contribution < -0.4 is 0 Å². The lowest BCUT2D eigenvalue weighted by atomic mass is 9.99. The number of allylic oxidation sites excluding steroid dienone is 4. The van der Waals surface area contributed by atoms with E-state index in [4.69, 9.17) is 4.18 Å². The molecule has 3 heteroatoms. The van der Waals surface area contributed by atoms with E-state index >= 15 is 0 Å². The largest absolute Gasteiger partial charge is 0.454 e. The highest BCUT2D eigenvalue weighted by Crippen LogP contribution is 2.41. The average molecular weight is 216 g/mol. The van der Waals surface area contributed by atoms with Gasteiger partial charge < -0.3 is 4.18 Å². The molecule has 1 nitrogen and oxygen atoms in total. The molecule has 80 valence electrons. The molecule has 0 amide bonds. The van der Waals surface area contributed by atoms with Gasteiger partial charge in [0.15, 0.2) is 0 Å². The first kappa shape index (κ1) is 11.4. The number of hydrogen-bond donors (Lipinski definition) is 0. The van der Waals surface area contributed by atoms with Gasteiger partial charge in [0.05, 0.1) is 0 Å². The fraction of sp³-hybridized carbons (Fsp3) is 0.455. The smallest absolute Gasteiger partial charge is 0.118 e. The lowest BCUT2D eigenvalue weighted by Gasteiger charge is -2.30. The van der Waals surface area contributed by atoms with Gasteiger partial charge in [0.2, 0.25) is 0 Å². The van der Waals surface area contributed by atoms with Gasteiger partial charge in [-0.05, 0) is 37.3 Å². The van der Waals surface area contributed by atoms with Crippen molar-refractivity contribution in [2.75, 3.05) is 18.8 Å². The predicted octanol–water partition coefficient (Wildman–Crippen LogP) is 3.56. The SMILES string of the molecule is C=C(OS(C)(C)C)C1C=CC(F)=CC1. The molecule has 1 unspecified atom stereocenters. The van der Waals surface area contributed by atoms with Crippen LogP contribution in [0.25, 0.3) is 0 Å². The summed E-state index contributed by atoms with van der Waals surface area (Å²) < 4.78 is 18.4. The molecule has 0 aromatic rings. The van der Waals surface area contributed by atoms with Crippen molar-refractivity contribution in [1.29, 1.82) is 0 Å². The summed E-state index contributed by atoms with van der Waals surface area (Å²) in [6, 6.07) is 0. The van der Waals surface area contributed by atoms with Crippen LogP contribution >= 0.6 is 10.3 Å². The molecule has 1 rings (SSSR count). The third-order valence-corrected chi connectivity index (χ3v) is 2.54. The molecular formula is C11H17FOS. The lowest BCUT2D eigenvalue weighted by molar-refractivity contribution is 0.417. The Kier molecular flexibility index (Phi) is 3.43. The first-order chi connectivity index (χ1) is 6.38. The predicted molar refractivity (Wildman–Crippen MR) is 62.0 cm³/mol. The second-order valence-corrected chi connectivity index (χ2v) is 7.68. The Balaban J connectivity index is 2.53. The molecule has 0 spiro atoms. The first-order valence-corrected chi connectivity index (χ1v) is 7.27. The molecule has 0 bridgehead atoms. The maximum absolute atomic E-state index is 12.7. The van der Waals surface area contributed by atoms with Crippen LogP contribution in [0, 0.1) is 5.92 Å². The third-order valence-electron chi connectivity index (χ3n) is 1.83. The van der Waals surface area contributed by atoms with E-state index < -0.39 is 10.3 Å². The van der Waals surface area contributed by atoms with Crippen LogP contribution in [-0.4, -0.2) is 18.8 Å². The van der Waals surface area contributed by atoms with Crippen molar-refractivity contribution in [3.05, 3.63) is 36.4 Å². The van der Waals surface area contributed by atoms with E-state index in [1.165, 1.54) is 6.08 Å². The van der Waals surface area contributed by atoms with E-state index in [0.29, 0.717) is 6.42 Å². The summed E-state index contributed by atoms with van der Waals surface area (Å²) in [5, 5.41) is 0.